The van der Waals surface area contributed by atoms with Crippen LogP contribution in [0.5, 0.6) is 0 Å². The van der Waals surface area contributed by atoms with Gasteiger partial charge in [-0.15, -0.1) is 0 Å². The quantitative estimate of drug-likeness (QED) is 0.702. The molecule has 0 aromatic carbocycles. The lowest BCUT2D eigenvalue weighted by molar-refractivity contribution is 0.0559. The fourth-order valence-electron chi connectivity index (χ4n) is 1.19. The normalized spacial score (nSPS) is 26.1. The standard InChI is InChI=1S/C8H14ClNO/c9-4-2-6-11-8-3-1-5-10-7-8/h2,4,8,10H,1,3,5-7H2/t8-/m0/s1. The molecule has 0 spiro atoms. The molecule has 0 unspecified atom stereocenters. The molecule has 0 aliphatic carbocycles. The van der Waals surface area contributed by atoms with E-state index in [1.165, 1.54) is 18.4 Å². The number of hydrogen-bond acceptors (Lipinski definition) is 2. The molecule has 1 aliphatic rings. The lowest BCUT2D eigenvalue weighted by atomic mass is 10.1. The van der Waals surface area contributed by atoms with Crippen LogP contribution in [0.2, 0.25) is 0 Å². The molecule has 0 aromatic heterocycles. The van der Waals surface area contributed by atoms with Gasteiger partial charge in [-0.3, -0.25) is 0 Å². The highest BCUT2D eigenvalue weighted by atomic mass is 35.5. The zero-order valence-corrected chi connectivity index (χ0v) is 7.31. The van der Waals surface area contributed by atoms with Crippen LogP contribution in [0.25, 0.3) is 0 Å². The van der Waals surface area contributed by atoms with Crippen molar-refractivity contribution in [1.82, 2.24) is 5.32 Å². The third kappa shape index (κ3) is 3.75. The van der Waals surface area contributed by atoms with E-state index in [2.05, 4.69) is 5.32 Å². The second-order valence-electron chi connectivity index (χ2n) is 2.66. The van der Waals surface area contributed by atoms with Crippen LogP contribution in [-0.4, -0.2) is 25.8 Å². The predicted octanol–water partition coefficient (Wildman–Crippen LogP) is 1.51. The summed E-state index contributed by atoms with van der Waals surface area (Å²) in [5.41, 5.74) is 1.50. The van der Waals surface area contributed by atoms with E-state index < -0.39 is 0 Å². The summed E-state index contributed by atoms with van der Waals surface area (Å²) in [6.45, 7) is 2.75. The highest BCUT2D eigenvalue weighted by Crippen LogP contribution is 2.05. The van der Waals surface area contributed by atoms with Crippen LogP contribution in [-0.2, 0) is 4.74 Å². The molecule has 0 amide bonds. The highest BCUT2D eigenvalue weighted by molar-refractivity contribution is 6.25. The number of piperidine rings is 1. The zero-order valence-electron chi connectivity index (χ0n) is 6.55. The summed E-state index contributed by atoms with van der Waals surface area (Å²) in [7, 11) is 0. The molecule has 2 nitrogen and oxygen atoms in total. The Hall–Kier alpha value is -0.0500. The Morgan fingerprint density at radius 2 is 2.55 bits per heavy atom. The van der Waals surface area contributed by atoms with Gasteiger partial charge in [0.15, 0.2) is 0 Å². The molecule has 11 heavy (non-hydrogen) atoms. The van der Waals surface area contributed by atoms with Gasteiger partial charge in [-0.1, -0.05) is 11.6 Å². The Morgan fingerprint density at radius 3 is 3.18 bits per heavy atom. The SMILES string of the molecule is ClC=CCO[C@H]1CCCNC1. The molecule has 1 rings (SSSR count). The van der Waals surface area contributed by atoms with Gasteiger partial charge in [0.1, 0.15) is 0 Å². The summed E-state index contributed by atoms with van der Waals surface area (Å²) in [5, 5.41) is 3.28. The number of nitrogens with one attached hydrogen (secondary N) is 1. The first-order chi connectivity index (χ1) is 5.43. The van der Waals surface area contributed by atoms with E-state index in [9.17, 15) is 0 Å². The van der Waals surface area contributed by atoms with Crippen molar-refractivity contribution < 1.29 is 4.74 Å². The maximum Gasteiger partial charge on any atom is 0.0704 e. The van der Waals surface area contributed by atoms with Gasteiger partial charge in [0.05, 0.1) is 12.7 Å². The van der Waals surface area contributed by atoms with Gasteiger partial charge >= 0.3 is 0 Å². The van der Waals surface area contributed by atoms with E-state index in [1.807, 2.05) is 6.08 Å². The number of hydrogen-bond donors (Lipinski definition) is 1. The van der Waals surface area contributed by atoms with Gasteiger partial charge in [0.2, 0.25) is 0 Å². The topological polar surface area (TPSA) is 21.3 Å². The first-order valence-electron chi connectivity index (χ1n) is 4.01. The molecular weight excluding hydrogens is 162 g/mol. The van der Waals surface area contributed by atoms with E-state index in [-0.39, 0.29) is 0 Å². The summed E-state index contributed by atoms with van der Waals surface area (Å²) in [5.74, 6) is 0. The summed E-state index contributed by atoms with van der Waals surface area (Å²) in [6, 6.07) is 0. The van der Waals surface area contributed by atoms with Crippen molar-refractivity contribution in [3.8, 4) is 0 Å². The largest absolute Gasteiger partial charge is 0.373 e. The molecule has 0 saturated carbocycles. The van der Waals surface area contributed by atoms with Gasteiger partial charge in [-0.05, 0) is 25.5 Å². The van der Waals surface area contributed by atoms with Crippen LogP contribution in [0, 0.1) is 0 Å². The average molecular weight is 176 g/mol. The van der Waals surface area contributed by atoms with Crippen molar-refractivity contribution in [1.29, 1.82) is 0 Å². The third-order valence-corrected chi connectivity index (χ3v) is 1.95. The van der Waals surface area contributed by atoms with Crippen LogP contribution in [0.1, 0.15) is 12.8 Å². The van der Waals surface area contributed by atoms with Gasteiger partial charge in [0.25, 0.3) is 0 Å². The molecule has 3 heteroatoms. The smallest absolute Gasteiger partial charge is 0.0704 e. The monoisotopic (exact) mass is 175 g/mol. The Morgan fingerprint density at radius 1 is 1.64 bits per heavy atom. The second kappa shape index (κ2) is 5.58. The number of rotatable bonds is 3. The molecule has 1 aliphatic heterocycles. The molecule has 0 bridgehead atoms. The van der Waals surface area contributed by atoms with E-state index >= 15 is 0 Å². The molecular formula is C8H14ClNO. The molecule has 1 N–H and O–H groups in total. The van der Waals surface area contributed by atoms with Crippen LogP contribution in [0.4, 0.5) is 0 Å². The fraction of sp³-hybridized carbons (Fsp3) is 0.750. The lowest BCUT2D eigenvalue weighted by Crippen LogP contribution is -2.35. The zero-order chi connectivity index (χ0) is 7.94. The summed E-state index contributed by atoms with van der Waals surface area (Å²) in [6.07, 6.45) is 4.59. The van der Waals surface area contributed by atoms with Crippen LogP contribution < -0.4 is 5.32 Å². The van der Waals surface area contributed by atoms with Gasteiger partial charge < -0.3 is 10.1 Å². The van der Waals surface area contributed by atoms with Gasteiger partial charge in [-0.25, -0.2) is 0 Å². The second-order valence-corrected chi connectivity index (χ2v) is 2.92. The minimum absolute atomic E-state index is 0.386. The van der Waals surface area contributed by atoms with Crippen LogP contribution >= 0.6 is 11.6 Å². The Kier molecular flexibility index (Phi) is 4.59. The lowest BCUT2D eigenvalue weighted by Gasteiger charge is -2.22. The van der Waals surface area contributed by atoms with Crippen LogP contribution in [0.15, 0.2) is 11.6 Å². The minimum atomic E-state index is 0.386. The molecule has 1 heterocycles. The van der Waals surface area contributed by atoms with Crippen LogP contribution in [0.3, 0.4) is 0 Å². The summed E-state index contributed by atoms with van der Waals surface area (Å²) >= 11 is 5.34. The van der Waals surface area contributed by atoms with E-state index in [1.54, 1.807) is 0 Å². The van der Waals surface area contributed by atoms with Gasteiger partial charge in [0, 0.05) is 12.1 Å². The maximum atomic E-state index is 5.49. The van der Waals surface area contributed by atoms with Crippen molar-refractivity contribution in [2.45, 2.75) is 18.9 Å². The average Bonchev–Trinajstić information content (AvgIpc) is 2.07. The highest BCUT2D eigenvalue weighted by Gasteiger charge is 2.11. The molecule has 0 aromatic rings. The first-order valence-corrected chi connectivity index (χ1v) is 4.44. The fourth-order valence-corrected chi connectivity index (χ4v) is 1.26. The Bertz CT molecular complexity index is 121. The van der Waals surface area contributed by atoms with E-state index in [4.69, 9.17) is 16.3 Å². The van der Waals surface area contributed by atoms with Crippen molar-refractivity contribution >= 4 is 11.6 Å². The van der Waals surface area contributed by atoms with Crippen molar-refractivity contribution in [3.05, 3.63) is 11.6 Å². The minimum Gasteiger partial charge on any atom is -0.373 e. The van der Waals surface area contributed by atoms with Crippen molar-refractivity contribution in [3.63, 3.8) is 0 Å². The molecule has 1 atom stereocenters. The van der Waals surface area contributed by atoms with Crippen molar-refractivity contribution in [2.75, 3.05) is 19.7 Å². The summed E-state index contributed by atoms with van der Waals surface area (Å²) < 4.78 is 5.49. The van der Waals surface area contributed by atoms with Gasteiger partial charge in [-0.2, -0.15) is 0 Å². The first kappa shape index (κ1) is 9.04. The molecule has 1 fully saturated rings. The maximum absolute atomic E-state index is 5.49. The molecule has 64 valence electrons. The van der Waals surface area contributed by atoms with Crippen molar-refractivity contribution in [2.24, 2.45) is 0 Å². The number of ether oxygens (including phenoxy) is 1. The summed E-state index contributed by atoms with van der Waals surface area (Å²) in [4.78, 5) is 0. The molecule has 1 saturated heterocycles. The van der Waals surface area contributed by atoms with E-state index in [0.29, 0.717) is 12.7 Å². The van der Waals surface area contributed by atoms with E-state index in [0.717, 1.165) is 13.1 Å². The Labute approximate surface area is 72.6 Å². The Balaban J connectivity index is 2.04. The number of halogens is 1. The third-order valence-electron chi connectivity index (χ3n) is 1.77. The predicted molar refractivity (Wildman–Crippen MR) is 46.8 cm³/mol. The molecule has 0 radical (unpaired) electrons.